The summed E-state index contributed by atoms with van der Waals surface area (Å²) in [5.41, 5.74) is 7.03. The number of H-pyrrole nitrogens is 1. The highest BCUT2D eigenvalue weighted by Gasteiger charge is 2.40. The predicted octanol–water partition coefficient (Wildman–Crippen LogP) is 6.62. The number of rotatable bonds is 1. The predicted molar refractivity (Wildman–Crippen MR) is 97.3 cm³/mol. The van der Waals surface area contributed by atoms with Crippen molar-refractivity contribution in [1.82, 2.24) is 4.98 Å². The van der Waals surface area contributed by atoms with Gasteiger partial charge in [-0.15, -0.1) is 0 Å². The van der Waals surface area contributed by atoms with Crippen molar-refractivity contribution in [3.8, 4) is 0 Å². The van der Waals surface area contributed by atoms with Gasteiger partial charge in [-0.3, -0.25) is 0 Å². The molecule has 0 saturated heterocycles. The Morgan fingerprint density at radius 1 is 0.952 bits per heavy atom. The van der Waals surface area contributed by atoms with Crippen molar-refractivity contribution in [3.63, 3.8) is 0 Å². The van der Waals surface area contributed by atoms with Gasteiger partial charge in [0, 0.05) is 12.8 Å². The zero-order valence-corrected chi connectivity index (χ0v) is 15.4. The van der Waals surface area contributed by atoms with Crippen LogP contribution >= 0.6 is 0 Å². The molecule has 1 nitrogen and oxygen atoms in total. The van der Waals surface area contributed by atoms with Crippen LogP contribution in [-0.2, 0) is 19.3 Å². The van der Waals surface area contributed by atoms with Crippen LogP contribution < -0.4 is 0 Å². The van der Waals surface area contributed by atoms with E-state index in [9.17, 15) is 0 Å². The molecule has 3 rings (SSSR count). The van der Waals surface area contributed by atoms with Gasteiger partial charge in [-0.25, -0.2) is 0 Å². The van der Waals surface area contributed by atoms with E-state index in [0.717, 1.165) is 0 Å². The van der Waals surface area contributed by atoms with Gasteiger partial charge < -0.3 is 4.98 Å². The Hall–Kier alpha value is -0.720. The fourth-order valence-electron chi connectivity index (χ4n) is 4.01. The van der Waals surface area contributed by atoms with Crippen molar-refractivity contribution >= 4 is 0 Å². The summed E-state index contributed by atoms with van der Waals surface area (Å²) >= 11 is 0. The molecule has 0 unspecified atom stereocenters. The van der Waals surface area contributed by atoms with Crippen LogP contribution in [0.25, 0.3) is 0 Å². The second-order valence-corrected chi connectivity index (χ2v) is 6.66. The number of hydrogen-bond acceptors (Lipinski definition) is 0. The molecule has 1 N–H and O–H groups in total. The van der Waals surface area contributed by atoms with E-state index in [2.05, 4.69) is 32.7 Å². The summed E-state index contributed by atoms with van der Waals surface area (Å²) in [6.07, 6.45) is 12.5. The van der Waals surface area contributed by atoms with Gasteiger partial charge in [0.05, 0.1) is 0 Å². The van der Waals surface area contributed by atoms with E-state index >= 15 is 0 Å². The molecule has 124 valence electrons. The molecule has 1 aromatic heterocycles. The molecular weight excluding hydrogens is 254 g/mol. The quantitative estimate of drug-likeness (QED) is 0.598. The maximum Gasteiger partial charge on any atom is 0.0182 e. The largest absolute Gasteiger partial charge is 0.362 e. The monoisotopic (exact) mass is 293 g/mol. The highest BCUT2D eigenvalue weighted by Crippen LogP contribution is 2.49. The Morgan fingerprint density at radius 2 is 1.48 bits per heavy atom. The van der Waals surface area contributed by atoms with Gasteiger partial charge in [0.1, 0.15) is 0 Å². The lowest BCUT2D eigenvalue weighted by molar-refractivity contribution is 0.202. The van der Waals surface area contributed by atoms with Gasteiger partial charge in [0.15, 0.2) is 0 Å². The molecule has 1 fully saturated rings. The number of nitrogens with one attached hydrogen (secondary N) is 1. The van der Waals surface area contributed by atoms with Crippen molar-refractivity contribution in [2.75, 3.05) is 0 Å². The molecule has 1 spiro atoms. The molecule has 0 radical (unpaired) electrons. The number of aryl methyl sites for hydroxylation is 2. The number of aromatic amines is 1. The fourth-order valence-corrected chi connectivity index (χ4v) is 4.01. The van der Waals surface area contributed by atoms with Crippen molar-refractivity contribution < 1.29 is 1.43 Å². The summed E-state index contributed by atoms with van der Waals surface area (Å²) in [6, 6.07) is 0. The molecule has 1 heterocycles. The van der Waals surface area contributed by atoms with E-state index in [1.807, 2.05) is 13.8 Å². The summed E-state index contributed by atoms with van der Waals surface area (Å²) in [5, 5.41) is 0. The Bertz CT molecular complexity index is 414. The standard InChI is InChI=1S/C15H23N.C3H8.C2H6.H2/c1-3-14-13-10-15(7-5-4-6-8-15)9-12(13)11(2)16-14;1-3-2;1-2;/h16H,3-10H2,1-2H3;3H2,1-2H3;1-2H3;1H. The Labute approximate surface area is 134 Å². The van der Waals surface area contributed by atoms with Crippen LogP contribution in [0.2, 0.25) is 0 Å². The average molecular weight is 294 g/mol. The molecule has 0 amide bonds. The number of aromatic nitrogens is 1. The van der Waals surface area contributed by atoms with Gasteiger partial charge in [-0.1, -0.05) is 60.3 Å². The zero-order chi connectivity index (χ0) is 15.9. The highest BCUT2D eigenvalue weighted by molar-refractivity contribution is 5.42. The minimum absolute atomic E-state index is 0. The normalized spacial score (nSPS) is 18.4. The van der Waals surface area contributed by atoms with Gasteiger partial charge in [0.25, 0.3) is 0 Å². The number of fused-ring (bicyclic) bond motifs is 1. The maximum atomic E-state index is 3.59. The van der Waals surface area contributed by atoms with Crippen molar-refractivity contribution in [2.24, 2.45) is 5.41 Å². The fraction of sp³-hybridized carbons (Fsp3) is 0.800. The van der Waals surface area contributed by atoms with Gasteiger partial charge >= 0.3 is 0 Å². The molecular formula is C20H39N. The van der Waals surface area contributed by atoms with E-state index in [-0.39, 0.29) is 1.43 Å². The summed E-state index contributed by atoms with van der Waals surface area (Å²) in [6.45, 7) is 12.8. The summed E-state index contributed by atoms with van der Waals surface area (Å²) in [5.74, 6) is 0. The molecule has 1 heteroatoms. The number of hydrogen-bond donors (Lipinski definition) is 1. The first-order chi connectivity index (χ1) is 10.2. The van der Waals surface area contributed by atoms with E-state index in [1.165, 1.54) is 69.2 Å². The van der Waals surface area contributed by atoms with Crippen molar-refractivity contribution in [3.05, 3.63) is 22.5 Å². The lowest BCUT2D eigenvalue weighted by atomic mass is 9.72. The Balaban J connectivity index is 0.000000663. The molecule has 2 aliphatic carbocycles. The van der Waals surface area contributed by atoms with Gasteiger partial charge in [0.2, 0.25) is 0 Å². The second-order valence-electron chi connectivity index (χ2n) is 6.66. The molecule has 1 saturated carbocycles. The Morgan fingerprint density at radius 3 is 2.00 bits per heavy atom. The van der Waals surface area contributed by atoms with Crippen LogP contribution in [0.4, 0.5) is 0 Å². The van der Waals surface area contributed by atoms with Crippen LogP contribution in [-0.4, -0.2) is 4.98 Å². The first kappa shape index (κ1) is 18.3. The molecule has 0 bridgehead atoms. The van der Waals surface area contributed by atoms with Gasteiger partial charge in [-0.2, -0.15) is 0 Å². The first-order valence-corrected chi connectivity index (χ1v) is 9.35. The van der Waals surface area contributed by atoms with Crippen LogP contribution in [0.5, 0.6) is 0 Å². The maximum absolute atomic E-state index is 3.59. The third-order valence-corrected chi connectivity index (χ3v) is 4.89. The van der Waals surface area contributed by atoms with E-state index in [1.54, 1.807) is 11.1 Å². The van der Waals surface area contributed by atoms with Crippen molar-refractivity contribution in [2.45, 2.75) is 99.3 Å². The molecule has 1 aromatic rings. The third kappa shape index (κ3) is 4.14. The lowest BCUT2D eigenvalue weighted by Gasteiger charge is -2.33. The van der Waals surface area contributed by atoms with Crippen LogP contribution in [0.3, 0.4) is 0 Å². The molecule has 2 aliphatic rings. The SMILES string of the molecule is CC.CCC.CCc1[nH]c(C)c2c1CC1(CCCCC1)C2.[HH]. The molecule has 0 atom stereocenters. The second kappa shape index (κ2) is 8.66. The smallest absolute Gasteiger partial charge is 0.0182 e. The lowest BCUT2D eigenvalue weighted by Crippen LogP contribution is -2.24. The van der Waals surface area contributed by atoms with Crippen LogP contribution in [0.1, 0.15) is 97.1 Å². The average Bonchev–Trinajstić information content (AvgIpc) is 3.00. The first-order valence-electron chi connectivity index (χ1n) is 9.35. The van der Waals surface area contributed by atoms with E-state index in [4.69, 9.17) is 0 Å². The summed E-state index contributed by atoms with van der Waals surface area (Å²) in [7, 11) is 0. The molecule has 0 aliphatic heterocycles. The Kier molecular flexibility index (Phi) is 7.56. The topological polar surface area (TPSA) is 15.8 Å². The summed E-state index contributed by atoms with van der Waals surface area (Å²) in [4.78, 5) is 3.59. The van der Waals surface area contributed by atoms with E-state index < -0.39 is 0 Å². The van der Waals surface area contributed by atoms with Crippen LogP contribution in [0.15, 0.2) is 0 Å². The molecule has 21 heavy (non-hydrogen) atoms. The summed E-state index contributed by atoms with van der Waals surface area (Å²) < 4.78 is 0. The van der Waals surface area contributed by atoms with Gasteiger partial charge in [-0.05, 0) is 55.6 Å². The van der Waals surface area contributed by atoms with Crippen molar-refractivity contribution in [1.29, 1.82) is 0 Å². The minimum Gasteiger partial charge on any atom is -0.362 e. The third-order valence-electron chi connectivity index (χ3n) is 4.89. The van der Waals surface area contributed by atoms with Crippen LogP contribution in [0, 0.1) is 12.3 Å². The minimum atomic E-state index is 0. The zero-order valence-electron chi connectivity index (χ0n) is 15.4. The molecule has 0 aromatic carbocycles. The highest BCUT2D eigenvalue weighted by atomic mass is 14.7. The van der Waals surface area contributed by atoms with E-state index in [0.29, 0.717) is 5.41 Å².